The first kappa shape index (κ1) is 41.2. The fourth-order valence-electron chi connectivity index (χ4n) is 4.46. The van der Waals surface area contributed by atoms with Gasteiger partial charge >= 0.3 is 24.1 Å². The van der Waals surface area contributed by atoms with Gasteiger partial charge in [-0.15, -0.1) is 0 Å². The minimum Gasteiger partial charge on any atom is -0.459 e. The summed E-state index contributed by atoms with van der Waals surface area (Å²) in [6, 6.07) is 23.9. The molecule has 14 nitrogen and oxygen atoms in total. The maximum absolute atomic E-state index is 13.3. The van der Waals surface area contributed by atoms with Crippen molar-refractivity contribution in [2.24, 2.45) is 0 Å². The summed E-state index contributed by atoms with van der Waals surface area (Å²) in [5, 5.41) is 19.7. The predicted octanol–water partition coefficient (Wildman–Crippen LogP) is 5.37. The summed E-state index contributed by atoms with van der Waals surface area (Å²) in [4.78, 5) is 64.4. The van der Waals surface area contributed by atoms with Crippen LogP contribution in [-0.4, -0.2) is 53.8 Å². The highest BCUT2D eigenvalue weighted by atomic mass is 16.6. The van der Waals surface area contributed by atoms with Crippen LogP contribution in [0.1, 0.15) is 63.6 Å². The lowest BCUT2D eigenvalue weighted by Crippen LogP contribution is -2.52. The van der Waals surface area contributed by atoms with Crippen LogP contribution in [0.3, 0.4) is 0 Å². The fourth-order valence-corrected chi connectivity index (χ4v) is 4.46. The van der Waals surface area contributed by atoms with Gasteiger partial charge < -0.3 is 34.9 Å². The molecule has 0 saturated carbocycles. The highest BCUT2D eigenvalue weighted by Gasteiger charge is 2.29. The molecule has 0 aromatic heterocycles. The molecule has 0 saturated heterocycles. The van der Waals surface area contributed by atoms with Gasteiger partial charge in [0.15, 0.2) is 0 Å². The fraction of sp³-hybridized carbons (Fsp3) is 0.378. The second kappa shape index (κ2) is 21.9. The van der Waals surface area contributed by atoms with Crippen molar-refractivity contribution in [3.05, 3.63) is 108 Å². The second-order valence-corrected chi connectivity index (χ2v) is 12.3. The van der Waals surface area contributed by atoms with E-state index >= 15 is 0 Å². The van der Waals surface area contributed by atoms with Crippen molar-refractivity contribution in [3.8, 4) is 0 Å². The summed E-state index contributed by atoms with van der Waals surface area (Å²) < 4.78 is 21.5. The molecule has 0 radical (unpaired) electrons. The normalized spacial score (nSPS) is 12.3. The van der Waals surface area contributed by atoms with Crippen LogP contribution < -0.4 is 16.0 Å². The van der Waals surface area contributed by atoms with E-state index in [0.717, 1.165) is 16.7 Å². The lowest BCUT2D eigenvalue weighted by Gasteiger charge is -2.25. The van der Waals surface area contributed by atoms with Crippen LogP contribution in [0.2, 0.25) is 0 Å². The van der Waals surface area contributed by atoms with E-state index in [4.69, 9.17) is 29.7 Å². The van der Waals surface area contributed by atoms with Crippen LogP contribution in [0.25, 0.3) is 0 Å². The van der Waals surface area contributed by atoms with E-state index in [1.807, 2.05) is 54.6 Å². The molecule has 0 heterocycles. The van der Waals surface area contributed by atoms with Crippen LogP contribution in [0.5, 0.6) is 0 Å². The van der Waals surface area contributed by atoms with Crippen molar-refractivity contribution in [2.45, 2.75) is 90.5 Å². The van der Waals surface area contributed by atoms with Crippen molar-refractivity contribution in [2.75, 3.05) is 0 Å². The molecule has 3 aromatic carbocycles. The average Bonchev–Trinajstić information content (AvgIpc) is 3.12. The molecule has 0 spiro atoms. The number of nitrogens with one attached hydrogen (secondary N) is 3. The molecule has 3 amide bonds. The van der Waals surface area contributed by atoms with Crippen molar-refractivity contribution in [1.82, 2.24) is 16.0 Å². The van der Waals surface area contributed by atoms with Crippen LogP contribution in [-0.2, 0) is 53.2 Å². The van der Waals surface area contributed by atoms with E-state index in [1.165, 1.54) is 6.92 Å². The Hall–Kier alpha value is -5.97. The number of ether oxygens (including phenoxy) is 4. The lowest BCUT2D eigenvalue weighted by atomic mass is 10.0. The highest BCUT2D eigenvalue weighted by molar-refractivity contribution is 5.89. The minimum atomic E-state index is -1.15. The van der Waals surface area contributed by atoms with E-state index in [0.29, 0.717) is 0 Å². The third-order valence-corrected chi connectivity index (χ3v) is 6.94. The van der Waals surface area contributed by atoms with E-state index in [-0.39, 0.29) is 39.1 Å². The van der Waals surface area contributed by atoms with Crippen LogP contribution in [0.15, 0.2) is 91.0 Å². The number of nitrogens with zero attached hydrogens (tertiary/aromatic N) is 2. The number of amides is 3. The molecule has 3 atom stereocenters. The number of alkyl carbamates (subject to hydrolysis) is 2. The molecular weight excluding hydrogens is 658 g/mol. The monoisotopic (exact) mass is 703 g/mol. The Bertz CT molecular complexity index is 1550. The summed E-state index contributed by atoms with van der Waals surface area (Å²) in [6.45, 7) is 6.52. The topological polar surface area (TPSA) is 206 Å². The molecule has 0 aliphatic heterocycles. The quantitative estimate of drug-likeness (QED) is 0.0982. The molecule has 3 rings (SSSR count). The van der Waals surface area contributed by atoms with Gasteiger partial charge in [0.25, 0.3) is 0 Å². The van der Waals surface area contributed by atoms with E-state index in [1.54, 1.807) is 57.2 Å². The third kappa shape index (κ3) is 16.8. The zero-order valence-corrected chi connectivity index (χ0v) is 29.2. The Morgan fingerprint density at radius 1 is 0.588 bits per heavy atom. The Morgan fingerprint density at radius 3 is 1.47 bits per heavy atom. The Balaban J connectivity index is 0.00000442. The summed E-state index contributed by atoms with van der Waals surface area (Å²) in [7, 11) is 0. The first-order chi connectivity index (χ1) is 24.4. The molecule has 0 aliphatic rings. The van der Waals surface area contributed by atoms with Crippen molar-refractivity contribution in [3.63, 3.8) is 0 Å². The van der Waals surface area contributed by atoms with E-state index < -0.39 is 53.8 Å². The zero-order chi connectivity index (χ0) is 37.6. The number of carbonyl (C=O) groups is 5. The molecule has 272 valence electrons. The Morgan fingerprint density at radius 2 is 1.00 bits per heavy atom. The van der Waals surface area contributed by atoms with E-state index in [9.17, 15) is 24.0 Å². The minimum absolute atomic E-state index is 0.00746. The number of hydrogen-bond acceptors (Lipinski definition) is 11. The summed E-state index contributed by atoms with van der Waals surface area (Å²) in [6.07, 6.45) is -1.42. The number of carbonyl (C=O) groups excluding carboxylic acids is 5. The molecule has 51 heavy (non-hydrogen) atoms. The average molecular weight is 704 g/mol. The SMILES string of the molecule is C[C@@H](NC(=O)[C@@H](CCCC(NC(=O)OCc1ccccc1)C(=O)OCc1ccccc1)NC(=O)OC(C)(C)C)C(=O)OCc1ccccc1.N#N. The first-order valence-electron chi connectivity index (χ1n) is 16.3. The molecule has 1 unspecified atom stereocenters. The van der Waals surface area contributed by atoms with E-state index in [2.05, 4.69) is 16.0 Å². The third-order valence-electron chi connectivity index (χ3n) is 6.94. The smallest absolute Gasteiger partial charge is 0.408 e. The molecule has 0 bridgehead atoms. The Kier molecular flexibility index (Phi) is 17.7. The zero-order valence-electron chi connectivity index (χ0n) is 29.2. The standard InChI is InChI=1S/C37H45N3O9.N2/c1-26(33(42)46-23-27-15-8-5-9-16-27)38-32(41)30(39-36(45)49-37(2,3)4)21-14-22-31(34(43)47-24-28-17-10-6-11-18-28)40-35(44)48-25-29-19-12-7-13-20-29;1-2/h5-13,15-20,26,30-31H,14,21-25H2,1-4H3,(H,38,41)(H,39,45)(H,40,44);/t26-,30-,31?;/m1./s1. The summed E-state index contributed by atoms with van der Waals surface area (Å²) in [5.74, 6) is -2.02. The van der Waals surface area contributed by atoms with Gasteiger partial charge in [-0.2, -0.15) is 0 Å². The maximum atomic E-state index is 13.3. The predicted molar refractivity (Wildman–Crippen MR) is 184 cm³/mol. The lowest BCUT2D eigenvalue weighted by molar-refractivity contribution is -0.149. The summed E-state index contributed by atoms with van der Waals surface area (Å²) in [5.41, 5.74) is 1.47. The van der Waals surface area contributed by atoms with Gasteiger partial charge in [-0.05, 0) is 63.6 Å². The number of hydrogen-bond donors (Lipinski definition) is 3. The first-order valence-corrected chi connectivity index (χ1v) is 16.3. The maximum Gasteiger partial charge on any atom is 0.408 e. The second-order valence-electron chi connectivity index (χ2n) is 12.3. The van der Waals surface area contributed by atoms with Gasteiger partial charge in [-0.3, -0.25) is 4.79 Å². The highest BCUT2D eigenvalue weighted by Crippen LogP contribution is 2.12. The molecule has 0 fully saturated rings. The van der Waals surface area contributed by atoms with Gasteiger partial charge in [-0.1, -0.05) is 91.0 Å². The van der Waals surface area contributed by atoms with Crippen LogP contribution in [0.4, 0.5) is 9.59 Å². The van der Waals surface area contributed by atoms with Gasteiger partial charge in [0, 0.05) is 10.8 Å². The molecule has 0 aliphatic carbocycles. The molecule has 3 N–H and O–H groups in total. The van der Waals surface area contributed by atoms with Crippen LogP contribution >= 0.6 is 0 Å². The molecule has 14 heteroatoms. The Labute approximate surface area is 297 Å². The number of benzene rings is 3. The molecule has 3 aromatic rings. The van der Waals surface area contributed by atoms with Gasteiger partial charge in [-0.25, -0.2) is 19.2 Å². The van der Waals surface area contributed by atoms with Gasteiger partial charge in [0.1, 0.15) is 43.5 Å². The van der Waals surface area contributed by atoms with Crippen molar-refractivity contribution in [1.29, 1.82) is 10.8 Å². The van der Waals surface area contributed by atoms with Crippen molar-refractivity contribution < 1.29 is 42.9 Å². The number of esters is 2. The largest absolute Gasteiger partial charge is 0.459 e. The van der Waals surface area contributed by atoms with Gasteiger partial charge in [0.2, 0.25) is 5.91 Å². The summed E-state index contributed by atoms with van der Waals surface area (Å²) >= 11 is 0. The number of rotatable bonds is 16. The van der Waals surface area contributed by atoms with Crippen LogP contribution in [0, 0.1) is 10.8 Å². The van der Waals surface area contributed by atoms with Gasteiger partial charge in [0.05, 0.1) is 0 Å². The molecular formula is C37H45N5O9. The van der Waals surface area contributed by atoms with Crippen molar-refractivity contribution >= 4 is 30.0 Å².